The first-order chi connectivity index (χ1) is 7.49. The molecule has 1 rings (SSSR count). The molecular weight excluding hydrogens is 216 g/mol. The van der Waals surface area contributed by atoms with Crippen LogP contribution < -0.4 is 0 Å². The van der Waals surface area contributed by atoms with Gasteiger partial charge in [-0.25, -0.2) is 0 Å². The van der Waals surface area contributed by atoms with E-state index in [-0.39, 0.29) is 11.2 Å². The number of Topliss-reactive ketones (excluding diaryl/α,β-unsaturated/α-hetero) is 1. The number of thioether (sulfide) groups is 1. The minimum absolute atomic E-state index is 0.133. The fraction of sp³-hybridized carbons (Fsp3) is 0.500. The summed E-state index contributed by atoms with van der Waals surface area (Å²) in [6.45, 7) is 6.01. The molecule has 0 atom stereocenters. The van der Waals surface area contributed by atoms with Crippen molar-refractivity contribution in [2.45, 2.75) is 38.5 Å². The molecule has 0 fully saturated rings. The molecule has 16 heavy (non-hydrogen) atoms. The molecule has 0 N–H and O–H groups in total. The van der Waals surface area contributed by atoms with Crippen molar-refractivity contribution >= 4 is 17.5 Å². The van der Waals surface area contributed by atoms with E-state index in [2.05, 4.69) is 38.1 Å². The molecule has 0 spiro atoms. The van der Waals surface area contributed by atoms with Crippen LogP contribution in [0.4, 0.5) is 0 Å². The van der Waals surface area contributed by atoms with Crippen LogP contribution in [0.25, 0.3) is 0 Å². The molecular formula is C14H20OS. The number of carbonyl (C=O) groups is 1. The monoisotopic (exact) mass is 236 g/mol. The molecule has 1 aromatic rings. The molecule has 0 aromatic heterocycles. The SMILES string of the molecule is CC(=O)CC(C)(C)CCSc1ccccc1. The third-order valence-electron chi connectivity index (χ3n) is 2.52. The molecule has 0 saturated heterocycles. The van der Waals surface area contributed by atoms with Gasteiger partial charge >= 0.3 is 0 Å². The van der Waals surface area contributed by atoms with E-state index in [9.17, 15) is 4.79 Å². The highest BCUT2D eigenvalue weighted by Gasteiger charge is 2.19. The van der Waals surface area contributed by atoms with E-state index in [1.807, 2.05) is 17.8 Å². The Bertz CT molecular complexity index is 330. The predicted octanol–water partition coefficient (Wildman–Crippen LogP) is 4.17. The fourth-order valence-corrected chi connectivity index (χ4v) is 2.96. The fourth-order valence-electron chi connectivity index (χ4n) is 1.72. The van der Waals surface area contributed by atoms with Crippen LogP contribution in [0.15, 0.2) is 35.2 Å². The molecule has 0 saturated carbocycles. The molecule has 2 heteroatoms. The van der Waals surface area contributed by atoms with Crippen molar-refractivity contribution in [3.63, 3.8) is 0 Å². The minimum atomic E-state index is 0.133. The zero-order valence-electron chi connectivity index (χ0n) is 10.3. The molecule has 0 aliphatic rings. The smallest absolute Gasteiger partial charge is 0.130 e. The van der Waals surface area contributed by atoms with Crippen LogP contribution in [0.2, 0.25) is 0 Å². The van der Waals surface area contributed by atoms with Gasteiger partial charge in [-0.05, 0) is 36.6 Å². The van der Waals surface area contributed by atoms with Crippen LogP contribution in [0.1, 0.15) is 33.6 Å². The molecule has 0 aliphatic carbocycles. The maximum atomic E-state index is 11.1. The van der Waals surface area contributed by atoms with Crippen LogP contribution in [-0.4, -0.2) is 11.5 Å². The standard InChI is InChI=1S/C14H20OS/c1-12(15)11-14(2,3)9-10-16-13-7-5-4-6-8-13/h4-8H,9-11H2,1-3H3. The quantitative estimate of drug-likeness (QED) is 0.689. The van der Waals surface area contributed by atoms with Crippen molar-refractivity contribution in [1.82, 2.24) is 0 Å². The van der Waals surface area contributed by atoms with Crippen molar-refractivity contribution < 1.29 is 4.79 Å². The number of ketones is 1. The molecule has 1 nitrogen and oxygen atoms in total. The Hall–Kier alpha value is -0.760. The minimum Gasteiger partial charge on any atom is -0.300 e. The summed E-state index contributed by atoms with van der Waals surface area (Å²) < 4.78 is 0. The van der Waals surface area contributed by atoms with Crippen LogP contribution in [-0.2, 0) is 4.79 Å². The number of benzene rings is 1. The summed E-state index contributed by atoms with van der Waals surface area (Å²) in [5.74, 6) is 1.36. The highest BCUT2D eigenvalue weighted by molar-refractivity contribution is 7.99. The summed E-state index contributed by atoms with van der Waals surface area (Å²) in [6.07, 6.45) is 1.76. The third kappa shape index (κ3) is 5.36. The zero-order valence-corrected chi connectivity index (χ0v) is 11.1. The van der Waals surface area contributed by atoms with E-state index < -0.39 is 0 Å². The van der Waals surface area contributed by atoms with Crippen LogP contribution in [0.5, 0.6) is 0 Å². The molecule has 0 aliphatic heterocycles. The predicted molar refractivity (Wildman–Crippen MR) is 70.9 cm³/mol. The van der Waals surface area contributed by atoms with Crippen molar-refractivity contribution in [2.75, 3.05) is 5.75 Å². The Balaban J connectivity index is 2.32. The summed E-state index contributed by atoms with van der Waals surface area (Å²) >= 11 is 1.86. The Labute approximate surface area is 103 Å². The molecule has 0 heterocycles. The second-order valence-corrected chi connectivity index (χ2v) is 6.12. The van der Waals surface area contributed by atoms with Gasteiger partial charge in [0.15, 0.2) is 0 Å². The highest BCUT2D eigenvalue weighted by atomic mass is 32.2. The van der Waals surface area contributed by atoms with Gasteiger partial charge in [0, 0.05) is 11.3 Å². The molecule has 0 radical (unpaired) electrons. The lowest BCUT2D eigenvalue weighted by atomic mass is 9.85. The number of hydrogen-bond donors (Lipinski definition) is 0. The van der Waals surface area contributed by atoms with Gasteiger partial charge in [0.05, 0.1) is 0 Å². The summed E-state index contributed by atoms with van der Waals surface area (Å²) in [5.41, 5.74) is 0.133. The van der Waals surface area contributed by atoms with E-state index >= 15 is 0 Å². The number of rotatable bonds is 6. The van der Waals surface area contributed by atoms with E-state index in [1.54, 1.807) is 6.92 Å². The first-order valence-corrected chi connectivity index (χ1v) is 6.65. The Morgan fingerprint density at radius 1 is 1.25 bits per heavy atom. The average molecular weight is 236 g/mol. The third-order valence-corrected chi connectivity index (χ3v) is 3.53. The summed E-state index contributed by atoms with van der Waals surface area (Å²) in [6, 6.07) is 10.4. The van der Waals surface area contributed by atoms with Crippen LogP contribution >= 0.6 is 11.8 Å². The first-order valence-electron chi connectivity index (χ1n) is 5.67. The van der Waals surface area contributed by atoms with Crippen molar-refractivity contribution in [2.24, 2.45) is 5.41 Å². The topological polar surface area (TPSA) is 17.1 Å². The molecule has 0 unspecified atom stereocenters. The lowest BCUT2D eigenvalue weighted by molar-refractivity contribution is -0.118. The summed E-state index contributed by atoms with van der Waals surface area (Å²) in [7, 11) is 0. The maximum absolute atomic E-state index is 11.1. The van der Waals surface area contributed by atoms with Crippen molar-refractivity contribution in [3.8, 4) is 0 Å². The van der Waals surface area contributed by atoms with Crippen molar-refractivity contribution in [1.29, 1.82) is 0 Å². The summed E-state index contributed by atoms with van der Waals surface area (Å²) in [5, 5.41) is 0. The number of hydrogen-bond acceptors (Lipinski definition) is 2. The Morgan fingerprint density at radius 3 is 2.44 bits per heavy atom. The van der Waals surface area contributed by atoms with Gasteiger partial charge in [-0.15, -0.1) is 11.8 Å². The highest BCUT2D eigenvalue weighted by Crippen LogP contribution is 2.29. The van der Waals surface area contributed by atoms with Gasteiger partial charge in [0.1, 0.15) is 5.78 Å². The van der Waals surface area contributed by atoms with E-state index in [0.717, 1.165) is 12.2 Å². The van der Waals surface area contributed by atoms with Gasteiger partial charge in [-0.2, -0.15) is 0 Å². The second kappa shape index (κ2) is 6.09. The van der Waals surface area contributed by atoms with Crippen LogP contribution in [0, 0.1) is 5.41 Å². The first kappa shape index (κ1) is 13.3. The van der Waals surface area contributed by atoms with E-state index in [1.165, 1.54) is 4.90 Å². The van der Waals surface area contributed by atoms with Gasteiger partial charge < -0.3 is 4.79 Å². The van der Waals surface area contributed by atoms with Gasteiger partial charge in [0.2, 0.25) is 0 Å². The Kier molecular flexibility index (Phi) is 5.07. The second-order valence-electron chi connectivity index (χ2n) is 4.95. The average Bonchev–Trinajstić information content (AvgIpc) is 2.16. The molecule has 88 valence electrons. The van der Waals surface area contributed by atoms with E-state index in [4.69, 9.17) is 0 Å². The molecule has 0 bridgehead atoms. The van der Waals surface area contributed by atoms with Crippen molar-refractivity contribution in [3.05, 3.63) is 30.3 Å². The maximum Gasteiger partial charge on any atom is 0.130 e. The van der Waals surface area contributed by atoms with Gasteiger partial charge in [0.25, 0.3) is 0 Å². The normalized spacial score (nSPS) is 11.4. The zero-order chi connectivity index (χ0) is 12.0. The van der Waals surface area contributed by atoms with Gasteiger partial charge in [-0.3, -0.25) is 0 Å². The number of carbonyl (C=O) groups excluding carboxylic acids is 1. The molecule has 1 aromatic carbocycles. The lowest BCUT2D eigenvalue weighted by Crippen LogP contribution is -2.16. The molecule has 0 amide bonds. The largest absolute Gasteiger partial charge is 0.300 e. The van der Waals surface area contributed by atoms with E-state index in [0.29, 0.717) is 6.42 Å². The van der Waals surface area contributed by atoms with Crippen LogP contribution in [0.3, 0.4) is 0 Å². The summed E-state index contributed by atoms with van der Waals surface area (Å²) in [4.78, 5) is 12.4. The van der Waals surface area contributed by atoms with Gasteiger partial charge in [-0.1, -0.05) is 32.0 Å². The lowest BCUT2D eigenvalue weighted by Gasteiger charge is -2.22. The Morgan fingerprint density at radius 2 is 1.88 bits per heavy atom.